The molecule has 0 aliphatic carbocycles. The highest BCUT2D eigenvalue weighted by atomic mass is 32.2. The lowest BCUT2D eigenvalue weighted by Crippen LogP contribution is -2.14. The lowest BCUT2D eigenvalue weighted by molar-refractivity contribution is 0.102. The maximum Gasteiger partial charge on any atom is 0.264 e. The van der Waals surface area contributed by atoms with E-state index in [4.69, 9.17) is 10.6 Å². The third-order valence-corrected chi connectivity index (χ3v) is 4.61. The molecular formula is C18H17FN6O2S. The Balaban J connectivity index is 1.60. The van der Waals surface area contributed by atoms with Crippen molar-refractivity contribution in [3.8, 4) is 5.75 Å². The molecule has 1 aromatic heterocycles. The normalized spacial score (nSPS) is 10.9. The fraction of sp³-hybridized carbons (Fsp3) is 0.111. The van der Waals surface area contributed by atoms with Crippen LogP contribution in [0.2, 0.25) is 0 Å². The van der Waals surface area contributed by atoms with Gasteiger partial charge in [-0.25, -0.2) is 14.5 Å². The van der Waals surface area contributed by atoms with Crippen LogP contribution in [0, 0.1) is 5.82 Å². The van der Waals surface area contributed by atoms with E-state index in [9.17, 15) is 9.18 Å². The molecule has 8 nitrogen and oxygen atoms in total. The van der Waals surface area contributed by atoms with Gasteiger partial charge in [0, 0.05) is 11.1 Å². The molecule has 0 aliphatic heterocycles. The molecule has 0 bridgehead atoms. The van der Waals surface area contributed by atoms with E-state index < -0.39 is 5.82 Å². The highest BCUT2D eigenvalue weighted by Gasteiger charge is 2.13. The lowest BCUT2D eigenvalue weighted by Gasteiger charge is -2.04. The molecule has 144 valence electrons. The first-order valence-corrected chi connectivity index (χ1v) is 9.11. The van der Waals surface area contributed by atoms with E-state index in [1.54, 1.807) is 49.6 Å². The number of nitrogen functional groups attached to an aromatic ring is 1. The Labute approximate surface area is 164 Å². The molecule has 0 radical (unpaired) electrons. The summed E-state index contributed by atoms with van der Waals surface area (Å²) in [7, 11) is 1.54. The Morgan fingerprint density at radius 1 is 1.32 bits per heavy atom. The molecule has 0 spiro atoms. The number of halogens is 1. The number of thioether (sulfide) groups is 1. The highest BCUT2D eigenvalue weighted by molar-refractivity contribution is 7.99. The molecule has 3 aromatic rings. The molecule has 3 N–H and O–H groups in total. The van der Waals surface area contributed by atoms with Gasteiger partial charge < -0.3 is 10.6 Å². The summed E-state index contributed by atoms with van der Waals surface area (Å²) in [5.74, 6) is 6.31. The second-order valence-electron chi connectivity index (χ2n) is 5.51. The minimum atomic E-state index is -0.394. The Kier molecular flexibility index (Phi) is 6.22. The van der Waals surface area contributed by atoms with Crippen LogP contribution in [0.1, 0.15) is 15.9 Å². The summed E-state index contributed by atoms with van der Waals surface area (Å²) in [6, 6.07) is 13.1. The molecule has 0 saturated carbocycles. The number of carbonyl (C=O) groups excluding carboxylic acids is 1. The first kappa shape index (κ1) is 19.4. The van der Waals surface area contributed by atoms with E-state index in [0.717, 1.165) is 11.8 Å². The summed E-state index contributed by atoms with van der Waals surface area (Å²) in [6.45, 7) is 0. The van der Waals surface area contributed by atoms with Gasteiger partial charge in [-0.3, -0.25) is 4.79 Å². The monoisotopic (exact) mass is 400 g/mol. The van der Waals surface area contributed by atoms with Gasteiger partial charge in [-0.15, -0.1) is 10.2 Å². The zero-order valence-corrected chi connectivity index (χ0v) is 15.7. The fourth-order valence-corrected chi connectivity index (χ4v) is 2.95. The first-order chi connectivity index (χ1) is 13.6. The summed E-state index contributed by atoms with van der Waals surface area (Å²) in [6.07, 6.45) is 1.31. The first-order valence-electron chi connectivity index (χ1n) is 8.12. The van der Waals surface area contributed by atoms with Gasteiger partial charge in [0.15, 0.2) is 5.78 Å². The number of aromatic nitrogens is 3. The Hall–Kier alpha value is -3.40. The van der Waals surface area contributed by atoms with Gasteiger partial charge in [-0.2, -0.15) is 5.10 Å². The second-order valence-corrected chi connectivity index (χ2v) is 6.45. The van der Waals surface area contributed by atoms with Crippen molar-refractivity contribution in [2.24, 2.45) is 5.10 Å². The number of nitrogens with one attached hydrogen (secondary N) is 1. The largest absolute Gasteiger partial charge is 0.497 e. The summed E-state index contributed by atoms with van der Waals surface area (Å²) in [5, 5.41) is 12.0. The van der Waals surface area contributed by atoms with Crippen molar-refractivity contribution in [2.45, 2.75) is 5.16 Å². The quantitative estimate of drug-likeness (QED) is 0.197. The molecule has 0 atom stereocenters. The van der Waals surface area contributed by atoms with Crippen LogP contribution in [0.15, 0.2) is 58.8 Å². The summed E-state index contributed by atoms with van der Waals surface area (Å²) < 4.78 is 19.8. The Morgan fingerprint density at radius 2 is 2.14 bits per heavy atom. The number of ether oxygens (including phenoxy) is 1. The summed E-state index contributed by atoms with van der Waals surface area (Å²) in [5.41, 5.74) is 3.44. The lowest BCUT2D eigenvalue weighted by atomic mass is 10.1. The fourth-order valence-electron chi connectivity index (χ4n) is 2.20. The van der Waals surface area contributed by atoms with Gasteiger partial charge in [0.05, 0.1) is 19.1 Å². The number of hydrogen-bond donors (Lipinski definition) is 2. The number of methoxy groups -OCH3 is 1. The Bertz CT molecular complexity index is 1010. The molecule has 0 fully saturated rings. The molecular weight excluding hydrogens is 383 g/mol. The predicted octanol–water partition coefficient (Wildman–Crippen LogP) is 2.56. The maximum atomic E-state index is 13.5. The number of hydrogen-bond acceptors (Lipinski definition) is 8. The molecule has 0 saturated heterocycles. The smallest absolute Gasteiger partial charge is 0.264 e. The maximum absolute atomic E-state index is 13.5. The second kappa shape index (κ2) is 9.00. The van der Waals surface area contributed by atoms with E-state index >= 15 is 0 Å². The van der Waals surface area contributed by atoms with Gasteiger partial charge in [-0.05, 0) is 18.2 Å². The molecule has 0 aliphatic rings. The van der Waals surface area contributed by atoms with Crippen LogP contribution >= 0.6 is 11.8 Å². The average Bonchev–Trinajstić information content (AvgIpc) is 3.07. The molecule has 28 heavy (non-hydrogen) atoms. The van der Waals surface area contributed by atoms with Crippen LogP contribution in [-0.2, 0) is 0 Å². The van der Waals surface area contributed by atoms with Crippen LogP contribution in [0.5, 0.6) is 5.75 Å². The van der Waals surface area contributed by atoms with Crippen molar-refractivity contribution in [3.63, 3.8) is 0 Å². The van der Waals surface area contributed by atoms with Crippen molar-refractivity contribution in [2.75, 3.05) is 24.1 Å². The SMILES string of the molecule is COc1cccc(C(=O)CSc2nnc(N/N=C/c3ccccc3F)n2N)c1. The van der Waals surface area contributed by atoms with Gasteiger partial charge in [0.1, 0.15) is 11.6 Å². The van der Waals surface area contributed by atoms with Gasteiger partial charge in [-0.1, -0.05) is 42.1 Å². The van der Waals surface area contributed by atoms with Crippen LogP contribution in [-0.4, -0.2) is 39.7 Å². The van der Waals surface area contributed by atoms with Crippen LogP contribution in [0.4, 0.5) is 10.3 Å². The van der Waals surface area contributed by atoms with Crippen LogP contribution in [0.3, 0.4) is 0 Å². The Morgan fingerprint density at radius 3 is 2.93 bits per heavy atom. The summed E-state index contributed by atoms with van der Waals surface area (Å²) >= 11 is 1.14. The van der Waals surface area contributed by atoms with Crippen molar-refractivity contribution in [3.05, 3.63) is 65.5 Å². The minimum absolute atomic E-state index is 0.0982. The van der Waals surface area contributed by atoms with Crippen molar-refractivity contribution < 1.29 is 13.9 Å². The van der Waals surface area contributed by atoms with Gasteiger partial charge in [0.25, 0.3) is 5.95 Å². The number of nitrogens with two attached hydrogens (primary N) is 1. The van der Waals surface area contributed by atoms with Crippen molar-refractivity contribution in [1.29, 1.82) is 0 Å². The standard InChI is InChI=1S/C18H17FN6O2S/c1-27-14-7-4-6-12(9-14)16(26)11-28-18-24-23-17(25(18)20)22-21-10-13-5-2-3-8-15(13)19/h2-10H,11,20H2,1H3,(H,22,23)/b21-10+. The van der Waals surface area contributed by atoms with Crippen LogP contribution < -0.4 is 16.0 Å². The average molecular weight is 400 g/mol. The minimum Gasteiger partial charge on any atom is -0.497 e. The molecule has 10 heteroatoms. The third-order valence-electron chi connectivity index (χ3n) is 3.66. The number of ketones is 1. The number of anilines is 1. The molecule has 3 rings (SSSR count). The number of Topliss-reactive ketones (excluding diaryl/α,β-unsaturated/α-hetero) is 1. The molecule has 0 amide bonds. The molecule has 1 heterocycles. The zero-order valence-electron chi connectivity index (χ0n) is 14.9. The van der Waals surface area contributed by atoms with Gasteiger partial charge >= 0.3 is 0 Å². The third kappa shape index (κ3) is 4.65. The highest BCUT2D eigenvalue weighted by Crippen LogP contribution is 2.20. The van der Waals surface area contributed by atoms with E-state index in [1.165, 1.54) is 17.0 Å². The predicted molar refractivity (Wildman–Crippen MR) is 106 cm³/mol. The van der Waals surface area contributed by atoms with Crippen LogP contribution in [0.25, 0.3) is 0 Å². The summed E-state index contributed by atoms with van der Waals surface area (Å²) in [4.78, 5) is 12.3. The van der Waals surface area contributed by atoms with E-state index in [-0.39, 0.29) is 17.5 Å². The van der Waals surface area contributed by atoms with E-state index in [1.807, 2.05) is 0 Å². The zero-order chi connectivity index (χ0) is 19.9. The van der Waals surface area contributed by atoms with Gasteiger partial charge in [0.2, 0.25) is 5.16 Å². The van der Waals surface area contributed by atoms with E-state index in [0.29, 0.717) is 22.0 Å². The molecule has 0 unspecified atom stereocenters. The number of rotatable bonds is 8. The number of benzene rings is 2. The van der Waals surface area contributed by atoms with Crippen molar-refractivity contribution in [1.82, 2.24) is 14.9 Å². The molecule has 2 aromatic carbocycles. The number of nitrogens with zero attached hydrogens (tertiary/aromatic N) is 4. The van der Waals surface area contributed by atoms with E-state index in [2.05, 4.69) is 20.7 Å². The number of hydrazone groups is 1. The van der Waals surface area contributed by atoms with Crippen molar-refractivity contribution >= 4 is 29.7 Å². The number of carbonyl (C=O) groups is 1. The topological polar surface area (TPSA) is 107 Å².